The van der Waals surface area contributed by atoms with Crippen molar-refractivity contribution in [2.45, 2.75) is 32.2 Å². The Morgan fingerprint density at radius 2 is 1.50 bits per heavy atom. The third kappa shape index (κ3) is 7.90. The third-order valence-corrected chi connectivity index (χ3v) is 0.450. The van der Waals surface area contributed by atoms with Gasteiger partial charge in [-0.1, -0.05) is 0 Å². The first-order valence-electron chi connectivity index (χ1n) is 3.02. The lowest BCUT2D eigenvalue weighted by Crippen LogP contribution is -2.34. The summed E-state index contributed by atoms with van der Waals surface area (Å²) in [6.07, 6.45) is 0. The van der Waals surface area contributed by atoms with Crippen molar-refractivity contribution in [2.75, 3.05) is 0 Å². The second-order valence-corrected chi connectivity index (χ2v) is 3.06. The molecule has 0 rings (SSSR count). The Morgan fingerprint density at radius 1 is 1.10 bits per heavy atom. The highest BCUT2D eigenvalue weighted by Gasteiger charge is 2.21. The lowest BCUT2D eigenvalue weighted by Gasteiger charge is -2.23. The summed E-state index contributed by atoms with van der Waals surface area (Å²) in [6, 6.07) is 0. The molecule has 4 nitrogen and oxygen atoms in total. The highest BCUT2D eigenvalue weighted by Crippen LogP contribution is 2.08. The van der Waals surface area contributed by atoms with E-state index in [1.54, 1.807) is 0 Å². The molecule has 0 saturated heterocycles. The van der Waals surface area contributed by atoms with E-state index < -0.39 is 11.5 Å². The third-order valence-electron chi connectivity index (χ3n) is 0.450. The quantitative estimate of drug-likeness (QED) is 0.232. The molecule has 0 aliphatic rings. The smallest absolute Gasteiger partial charge is 0.193 e. The molecule has 0 heterocycles. The van der Waals surface area contributed by atoms with Crippen LogP contribution < -0.4 is 0 Å². The molecule has 60 valence electrons. The summed E-state index contributed by atoms with van der Waals surface area (Å²) >= 11 is 0. The van der Waals surface area contributed by atoms with Crippen LogP contribution in [0.4, 0.5) is 0 Å². The van der Waals surface area contributed by atoms with Crippen molar-refractivity contribution in [3.8, 4) is 0 Å². The van der Waals surface area contributed by atoms with Crippen LogP contribution in [-0.2, 0) is 9.78 Å². The minimum atomic E-state index is -1.38. The van der Waals surface area contributed by atoms with Crippen LogP contribution in [0.1, 0.15) is 20.8 Å². The van der Waals surface area contributed by atoms with Gasteiger partial charge in [-0.05, 0) is 20.8 Å². The first kappa shape index (κ1) is 9.90. The fourth-order valence-corrected chi connectivity index (χ4v) is 0.204. The Balaban J connectivity index is 3.56. The first-order chi connectivity index (χ1) is 4.21. The van der Waals surface area contributed by atoms with Crippen LogP contribution in [-0.4, -0.2) is 29.5 Å². The van der Waals surface area contributed by atoms with E-state index in [1.165, 1.54) is 28.6 Å². The fraction of sp³-hybridized carbons (Fsp3) is 1.00. The van der Waals surface area contributed by atoms with E-state index in [9.17, 15) is 0 Å². The lowest BCUT2D eigenvalue weighted by molar-refractivity contribution is -0.462. The van der Waals surface area contributed by atoms with Crippen LogP contribution in [0.3, 0.4) is 0 Å². The number of hydrogen-bond acceptors (Lipinski definition) is 4. The predicted octanol–water partition coefficient (Wildman–Crippen LogP) is -1.04. The molecular weight excluding hydrogens is 135 g/mol. The molecular formula is C5H13BO4. The number of hydrogen-bond donors (Lipinski definition) is 2. The summed E-state index contributed by atoms with van der Waals surface area (Å²) in [5.41, 5.74) is -1.37. The maximum atomic E-state index is 8.92. The van der Waals surface area contributed by atoms with Crippen molar-refractivity contribution in [1.29, 1.82) is 0 Å². The van der Waals surface area contributed by atoms with E-state index in [0.29, 0.717) is 0 Å². The zero-order valence-electron chi connectivity index (χ0n) is 6.71. The topological polar surface area (TPSA) is 58.9 Å². The van der Waals surface area contributed by atoms with Crippen molar-refractivity contribution in [1.82, 2.24) is 0 Å². The molecule has 10 heavy (non-hydrogen) atoms. The van der Waals surface area contributed by atoms with Crippen LogP contribution in [0.2, 0.25) is 0 Å². The Morgan fingerprint density at radius 3 is 1.60 bits per heavy atom. The summed E-state index contributed by atoms with van der Waals surface area (Å²) in [5, 5.41) is 17.8. The normalized spacial score (nSPS) is 18.5. The summed E-state index contributed by atoms with van der Waals surface area (Å²) < 4.78 is 0. The van der Waals surface area contributed by atoms with Crippen molar-refractivity contribution < 1.29 is 20.0 Å². The molecule has 5 heteroatoms. The van der Waals surface area contributed by atoms with Gasteiger partial charge >= 0.3 is 0 Å². The summed E-state index contributed by atoms with van der Waals surface area (Å²) in [6.45, 7) is 4.20. The second-order valence-electron chi connectivity index (χ2n) is 3.06. The summed E-state index contributed by atoms with van der Waals surface area (Å²) in [5.74, 6) is -1.38. The molecule has 0 aromatic carbocycles. The van der Waals surface area contributed by atoms with Crippen LogP contribution >= 0.6 is 0 Å². The van der Waals surface area contributed by atoms with Gasteiger partial charge in [0, 0.05) is 0 Å². The van der Waals surface area contributed by atoms with Gasteiger partial charge in [0.2, 0.25) is 0 Å². The minimum Gasteiger partial charge on any atom is -0.371 e. The monoisotopic (exact) mass is 148 g/mol. The second kappa shape index (κ2) is 2.88. The average Bonchev–Trinajstić information content (AvgIpc) is 1.57. The van der Waals surface area contributed by atoms with Gasteiger partial charge in [0.1, 0.15) is 0 Å². The summed E-state index contributed by atoms with van der Waals surface area (Å²) in [4.78, 5) is 8.80. The average molecular weight is 148 g/mol. The van der Waals surface area contributed by atoms with E-state index in [1.807, 2.05) is 0 Å². The molecule has 2 N–H and O–H groups in total. The highest BCUT2D eigenvalue weighted by molar-refractivity contribution is 6.12. The molecule has 0 aromatic rings. The van der Waals surface area contributed by atoms with Gasteiger partial charge < -0.3 is 10.2 Å². The van der Waals surface area contributed by atoms with Crippen LogP contribution in [0.15, 0.2) is 0 Å². The first-order valence-corrected chi connectivity index (χ1v) is 3.02. The minimum absolute atomic E-state index is 1.37. The summed E-state index contributed by atoms with van der Waals surface area (Å²) in [7, 11) is 1.40. The van der Waals surface area contributed by atoms with Crippen molar-refractivity contribution >= 4 is 7.85 Å². The van der Waals surface area contributed by atoms with Gasteiger partial charge in [-0.25, -0.2) is 4.89 Å². The van der Waals surface area contributed by atoms with Gasteiger partial charge in [-0.15, -0.1) is 0 Å². The maximum absolute atomic E-state index is 8.92. The zero-order chi connectivity index (χ0) is 8.41. The molecule has 1 atom stereocenters. The van der Waals surface area contributed by atoms with Crippen molar-refractivity contribution in [3.63, 3.8) is 0 Å². The Labute approximate surface area is 61.1 Å². The van der Waals surface area contributed by atoms with Gasteiger partial charge in [0.25, 0.3) is 0 Å². The molecule has 0 aliphatic heterocycles. The highest BCUT2D eigenvalue weighted by atomic mass is 17.2. The molecule has 0 aromatic heterocycles. The van der Waals surface area contributed by atoms with Crippen molar-refractivity contribution in [3.05, 3.63) is 0 Å². The zero-order valence-corrected chi connectivity index (χ0v) is 6.71. The molecule has 0 amide bonds. The van der Waals surface area contributed by atoms with Crippen LogP contribution in [0.25, 0.3) is 0 Å². The van der Waals surface area contributed by atoms with Crippen LogP contribution in [0.5, 0.6) is 0 Å². The predicted molar refractivity (Wildman–Crippen MR) is 37.6 cm³/mol. The van der Waals surface area contributed by atoms with E-state index in [4.69, 9.17) is 10.2 Å². The molecule has 0 saturated carbocycles. The standard InChI is InChI=1S/C5H13BO4/c1-4(2,7)9-10-5(3,6)8/h7-8H,6H2,1-3H3. The van der Waals surface area contributed by atoms with Gasteiger partial charge in [0.15, 0.2) is 19.3 Å². The fourth-order valence-electron chi connectivity index (χ4n) is 0.204. The van der Waals surface area contributed by atoms with E-state index in [0.717, 1.165) is 0 Å². The SMILES string of the molecule is BC(C)(O)OOC(C)(C)O. The van der Waals surface area contributed by atoms with E-state index in [2.05, 4.69) is 9.78 Å². The Hall–Kier alpha value is -0.0951. The largest absolute Gasteiger partial charge is 0.371 e. The Kier molecular flexibility index (Phi) is 2.85. The van der Waals surface area contributed by atoms with E-state index >= 15 is 0 Å². The number of rotatable bonds is 3. The lowest BCUT2D eigenvalue weighted by atomic mass is 9.98. The van der Waals surface area contributed by atoms with Crippen molar-refractivity contribution in [2.24, 2.45) is 0 Å². The van der Waals surface area contributed by atoms with Gasteiger partial charge in [-0.3, -0.25) is 0 Å². The van der Waals surface area contributed by atoms with E-state index in [-0.39, 0.29) is 0 Å². The molecule has 0 aliphatic carbocycles. The molecule has 0 spiro atoms. The number of aliphatic hydroxyl groups is 2. The van der Waals surface area contributed by atoms with Gasteiger partial charge in [0.05, 0.1) is 0 Å². The maximum Gasteiger partial charge on any atom is 0.193 e. The van der Waals surface area contributed by atoms with Crippen LogP contribution in [0, 0.1) is 0 Å². The Bertz CT molecular complexity index is 87.2. The molecule has 1 unspecified atom stereocenters. The molecule has 0 bridgehead atoms. The van der Waals surface area contributed by atoms with Gasteiger partial charge in [-0.2, -0.15) is 4.89 Å². The molecule has 0 radical (unpaired) electrons. The molecule has 0 fully saturated rings.